The Morgan fingerprint density at radius 1 is 0.333 bits per heavy atom. The lowest BCUT2D eigenvalue weighted by molar-refractivity contribution is -0.143. The fourth-order valence-electron chi connectivity index (χ4n) is 11.8. The second-order valence-electron chi connectivity index (χ2n) is 26.0. The van der Waals surface area contributed by atoms with Crippen LogP contribution in [-0.4, -0.2) is 47.4 Å². The zero-order valence-corrected chi connectivity index (χ0v) is 56.6. The minimum absolute atomic E-state index is 0.00247. The summed E-state index contributed by atoms with van der Waals surface area (Å²) in [5, 5.41) is 23.3. The van der Waals surface area contributed by atoms with Crippen molar-refractivity contribution in [2.45, 2.75) is 424 Å². The molecule has 1 amide bonds. The number of aliphatic hydroxyl groups is 2. The van der Waals surface area contributed by atoms with Gasteiger partial charge in [0.2, 0.25) is 5.91 Å². The number of aliphatic hydroxyl groups excluding tert-OH is 2. The van der Waals surface area contributed by atoms with Crippen molar-refractivity contribution in [3.63, 3.8) is 0 Å². The number of ether oxygens (including phenoxy) is 1. The number of hydrogen-bond donors (Lipinski definition) is 3. The molecule has 6 nitrogen and oxygen atoms in total. The molecule has 0 aromatic carbocycles. The summed E-state index contributed by atoms with van der Waals surface area (Å²) in [6.45, 7) is 4.91. The monoisotopic (exact) mass is 1180 g/mol. The fourth-order valence-corrected chi connectivity index (χ4v) is 11.8. The molecule has 2 atom stereocenters. The highest BCUT2D eigenvalue weighted by atomic mass is 16.5. The number of carbonyl (C=O) groups is 2. The normalized spacial score (nSPS) is 12.8. The van der Waals surface area contributed by atoms with Crippen LogP contribution < -0.4 is 5.32 Å². The second kappa shape index (κ2) is 73.3. The molecule has 0 aromatic heterocycles. The van der Waals surface area contributed by atoms with Gasteiger partial charge in [-0.05, 0) is 89.9 Å². The summed E-state index contributed by atoms with van der Waals surface area (Å²) in [7, 11) is 0. The molecule has 2 unspecified atom stereocenters. The van der Waals surface area contributed by atoms with E-state index in [4.69, 9.17) is 4.74 Å². The van der Waals surface area contributed by atoms with E-state index < -0.39 is 12.1 Å². The van der Waals surface area contributed by atoms with Gasteiger partial charge < -0.3 is 20.3 Å². The van der Waals surface area contributed by atoms with Crippen molar-refractivity contribution in [3.8, 4) is 0 Å². The van der Waals surface area contributed by atoms with Crippen LogP contribution in [0.4, 0.5) is 0 Å². The number of allylic oxidation sites excluding steroid dienone is 7. The van der Waals surface area contributed by atoms with Crippen molar-refractivity contribution >= 4 is 11.9 Å². The van der Waals surface area contributed by atoms with Crippen LogP contribution in [0.1, 0.15) is 412 Å². The van der Waals surface area contributed by atoms with Crippen molar-refractivity contribution in [1.82, 2.24) is 5.32 Å². The molecule has 6 heteroatoms. The van der Waals surface area contributed by atoms with E-state index in [1.165, 1.54) is 334 Å². The van der Waals surface area contributed by atoms with Gasteiger partial charge in [-0.3, -0.25) is 9.59 Å². The van der Waals surface area contributed by atoms with E-state index in [2.05, 4.69) is 55.6 Å². The molecule has 0 bridgehead atoms. The Labute approximate surface area is 525 Å². The molecule has 0 saturated heterocycles. The predicted octanol–water partition coefficient (Wildman–Crippen LogP) is 24.8. The van der Waals surface area contributed by atoms with Gasteiger partial charge in [0.25, 0.3) is 0 Å². The topological polar surface area (TPSA) is 95.9 Å². The van der Waals surface area contributed by atoms with Gasteiger partial charge in [0.1, 0.15) is 0 Å². The maximum Gasteiger partial charge on any atom is 0.305 e. The van der Waals surface area contributed by atoms with Crippen LogP contribution in [0.3, 0.4) is 0 Å². The predicted molar refractivity (Wildman–Crippen MR) is 370 cm³/mol. The molecule has 0 aliphatic rings. The standard InChI is InChI=1S/C78H147NO5/c1-3-5-7-9-11-13-15-17-19-20-21-22-30-33-36-39-43-46-50-54-58-62-66-70-76(81)75(74-80)79-77(82)71-67-63-59-55-51-47-44-40-37-34-31-28-26-24-23-25-27-29-32-35-38-41-45-49-53-57-61-65-69-73-84-78(83)72-68-64-60-56-52-48-42-18-16-14-12-10-8-6-4-2/h12,14,18,23,25,42,66,70,75-76,80-81H,3-11,13,15-17,19-22,24,26-41,43-65,67-69,71-74H2,1-2H3,(H,79,82)/b14-12-,25-23-,42-18-,70-66+. The Balaban J connectivity index is 3.41. The minimum atomic E-state index is -0.846. The van der Waals surface area contributed by atoms with Gasteiger partial charge in [-0.2, -0.15) is 0 Å². The van der Waals surface area contributed by atoms with E-state index in [1.54, 1.807) is 6.08 Å². The lowest BCUT2D eigenvalue weighted by Gasteiger charge is -2.20. The third-order valence-electron chi connectivity index (χ3n) is 17.6. The lowest BCUT2D eigenvalue weighted by atomic mass is 10.0. The molecule has 0 fully saturated rings. The smallest absolute Gasteiger partial charge is 0.305 e. The molecule has 0 heterocycles. The highest BCUT2D eigenvalue weighted by Gasteiger charge is 2.18. The van der Waals surface area contributed by atoms with Gasteiger partial charge in [-0.1, -0.05) is 358 Å². The molecule has 0 saturated carbocycles. The van der Waals surface area contributed by atoms with Crippen LogP contribution in [0.2, 0.25) is 0 Å². The Kier molecular flexibility index (Phi) is 71.4. The average Bonchev–Trinajstić information content (AvgIpc) is 3.51. The molecule has 494 valence electrons. The SMILES string of the molecule is CCCCC/C=C\C/C=C\CCCCCCCC(=O)OCCCCCCCCCCCCCC/C=C\CCCCCCCCCCCCCCCC(=O)NC(CO)C(O)/C=C/CCCCCCCCCCCCCCCCCCCCCCC. The van der Waals surface area contributed by atoms with E-state index in [1.807, 2.05) is 6.08 Å². The number of hydrogen-bond acceptors (Lipinski definition) is 5. The van der Waals surface area contributed by atoms with Crippen LogP contribution in [0.15, 0.2) is 48.6 Å². The average molecular weight is 1180 g/mol. The van der Waals surface area contributed by atoms with E-state index >= 15 is 0 Å². The zero-order chi connectivity index (χ0) is 60.6. The summed E-state index contributed by atoms with van der Waals surface area (Å²) in [6, 6.07) is -0.629. The largest absolute Gasteiger partial charge is 0.466 e. The Bertz CT molecular complexity index is 1400. The molecular weight excluding hydrogens is 1030 g/mol. The van der Waals surface area contributed by atoms with E-state index in [9.17, 15) is 19.8 Å². The van der Waals surface area contributed by atoms with Crippen LogP contribution in [0.25, 0.3) is 0 Å². The van der Waals surface area contributed by atoms with Gasteiger partial charge in [0.05, 0.1) is 25.4 Å². The molecule has 0 aliphatic carbocycles. The first-order chi connectivity index (χ1) is 41.5. The third-order valence-corrected chi connectivity index (χ3v) is 17.6. The molecular formula is C78H147NO5. The van der Waals surface area contributed by atoms with Crippen LogP contribution in [0, 0.1) is 0 Å². The zero-order valence-electron chi connectivity index (χ0n) is 56.6. The maximum absolute atomic E-state index is 12.5. The van der Waals surface area contributed by atoms with Crippen molar-refractivity contribution in [1.29, 1.82) is 0 Å². The Morgan fingerprint density at radius 2 is 0.595 bits per heavy atom. The number of rotatable bonds is 71. The quantitative estimate of drug-likeness (QED) is 0.0320. The molecule has 0 rings (SSSR count). The van der Waals surface area contributed by atoms with Crippen molar-refractivity contribution < 1.29 is 24.5 Å². The van der Waals surface area contributed by atoms with Crippen molar-refractivity contribution in [2.75, 3.05) is 13.2 Å². The van der Waals surface area contributed by atoms with Crippen LogP contribution in [-0.2, 0) is 14.3 Å². The lowest BCUT2D eigenvalue weighted by Crippen LogP contribution is -2.45. The maximum atomic E-state index is 12.5. The van der Waals surface area contributed by atoms with E-state index in [0.717, 1.165) is 51.4 Å². The number of nitrogens with one attached hydrogen (secondary N) is 1. The molecule has 0 aliphatic heterocycles. The summed E-state index contributed by atoms with van der Waals surface area (Å²) in [5.74, 6) is -0.0607. The summed E-state index contributed by atoms with van der Waals surface area (Å²) in [6.07, 6.45) is 96.4. The first kappa shape index (κ1) is 81.8. The van der Waals surface area contributed by atoms with E-state index in [0.29, 0.717) is 19.4 Å². The van der Waals surface area contributed by atoms with Gasteiger partial charge >= 0.3 is 5.97 Å². The highest BCUT2D eigenvalue weighted by molar-refractivity contribution is 5.76. The first-order valence-corrected chi connectivity index (χ1v) is 37.9. The number of carbonyl (C=O) groups excluding carboxylic acids is 2. The summed E-state index contributed by atoms with van der Waals surface area (Å²) in [5.41, 5.74) is 0. The van der Waals surface area contributed by atoms with Gasteiger partial charge in [0.15, 0.2) is 0 Å². The summed E-state index contributed by atoms with van der Waals surface area (Å²) < 4.78 is 5.49. The van der Waals surface area contributed by atoms with E-state index in [-0.39, 0.29) is 18.5 Å². The third kappa shape index (κ3) is 68.9. The highest BCUT2D eigenvalue weighted by Crippen LogP contribution is 2.19. The number of amides is 1. The van der Waals surface area contributed by atoms with Gasteiger partial charge in [-0.25, -0.2) is 0 Å². The van der Waals surface area contributed by atoms with Gasteiger partial charge in [-0.15, -0.1) is 0 Å². The fraction of sp³-hybridized carbons (Fsp3) is 0.872. The second-order valence-corrected chi connectivity index (χ2v) is 26.0. The summed E-state index contributed by atoms with van der Waals surface area (Å²) >= 11 is 0. The summed E-state index contributed by atoms with van der Waals surface area (Å²) in [4.78, 5) is 24.6. The Hall–Kier alpha value is -2.18. The minimum Gasteiger partial charge on any atom is -0.466 e. The Morgan fingerprint density at radius 3 is 0.940 bits per heavy atom. The van der Waals surface area contributed by atoms with Crippen molar-refractivity contribution in [2.24, 2.45) is 0 Å². The molecule has 0 spiro atoms. The number of unbranched alkanes of at least 4 members (excludes halogenated alkanes) is 54. The van der Waals surface area contributed by atoms with Crippen LogP contribution >= 0.6 is 0 Å². The van der Waals surface area contributed by atoms with Gasteiger partial charge in [0, 0.05) is 12.8 Å². The molecule has 3 N–H and O–H groups in total. The first-order valence-electron chi connectivity index (χ1n) is 37.9. The van der Waals surface area contributed by atoms with Crippen molar-refractivity contribution in [3.05, 3.63) is 48.6 Å². The number of esters is 1. The molecule has 0 radical (unpaired) electrons. The molecule has 84 heavy (non-hydrogen) atoms. The van der Waals surface area contributed by atoms with Crippen LogP contribution in [0.5, 0.6) is 0 Å². The molecule has 0 aromatic rings.